The number of hydrogen-bond donors (Lipinski definition) is 3. The second-order valence-electron chi connectivity index (χ2n) is 10.7. The van der Waals surface area contributed by atoms with Crippen LogP contribution in [0.25, 0.3) is 11.3 Å². The molecule has 2 amide bonds. The number of nitrogens with one attached hydrogen (secondary N) is 2. The fourth-order valence-electron chi connectivity index (χ4n) is 5.91. The molecule has 1 atom stereocenters. The van der Waals surface area contributed by atoms with Crippen LogP contribution in [0.1, 0.15) is 61.9 Å². The van der Waals surface area contributed by atoms with Crippen molar-refractivity contribution in [3.8, 4) is 17.1 Å². The summed E-state index contributed by atoms with van der Waals surface area (Å²) < 4.78 is 46.9. The Bertz CT molecular complexity index is 1190. The minimum atomic E-state index is -3.08. The lowest BCUT2D eigenvalue weighted by Crippen LogP contribution is -2.52. The number of nitrogens with zero attached hydrogens (tertiary/aromatic N) is 3. The number of aromatic nitrogens is 3. The maximum Gasteiger partial charge on any atom is 0.274 e. The molecule has 5 rings (SSSR count). The normalized spacial score (nSPS) is 24.8. The first-order valence-electron chi connectivity index (χ1n) is 13.0. The summed E-state index contributed by atoms with van der Waals surface area (Å²) in [6, 6.07) is 2.78. The maximum absolute atomic E-state index is 14.3. The van der Waals surface area contributed by atoms with Crippen molar-refractivity contribution in [1.29, 1.82) is 0 Å². The van der Waals surface area contributed by atoms with Crippen molar-refractivity contribution in [1.82, 2.24) is 25.4 Å². The van der Waals surface area contributed by atoms with E-state index in [2.05, 4.69) is 20.5 Å². The SMILES string of the molecule is COc1cc(-c2cc(C(=O)N3CCC(C(=O)NC4CCC(C(F)(F)CO)CC4)CC34CC4)n[nH]2)c(F)cn1. The lowest BCUT2D eigenvalue weighted by molar-refractivity contribution is -0.129. The molecule has 1 spiro atoms. The van der Waals surface area contributed by atoms with Crippen LogP contribution in [0.15, 0.2) is 18.3 Å². The number of aliphatic hydroxyl groups excluding tert-OH is 1. The zero-order valence-corrected chi connectivity index (χ0v) is 21.2. The zero-order valence-electron chi connectivity index (χ0n) is 21.2. The molecule has 0 radical (unpaired) electrons. The highest BCUT2D eigenvalue weighted by atomic mass is 19.3. The molecule has 3 fully saturated rings. The van der Waals surface area contributed by atoms with E-state index in [0.29, 0.717) is 37.9 Å². The van der Waals surface area contributed by atoms with Gasteiger partial charge in [0, 0.05) is 41.6 Å². The number of ether oxygens (including phenoxy) is 1. The van der Waals surface area contributed by atoms with Crippen LogP contribution in [-0.4, -0.2) is 74.8 Å². The van der Waals surface area contributed by atoms with E-state index in [9.17, 15) is 22.8 Å². The molecule has 0 bridgehead atoms. The van der Waals surface area contributed by atoms with Crippen molar-refractivity contribution >= 4 is 11.8 Å². The fraction of sp³-hybridized carbons (Fsp3) is 0.615. The Kier molecular flexibility index (Phi) is 7.10. The second-order valence-corrected chi connectivity index (χ2v) is 10.7. The van der Waals surface area contributed by atoms with Crippen LogP contribution in [-0.2, 0) is 4.79 Å². The summed E-state index contributed by atoms with van der Waals surface area (Å²) in [6.45, 7) is -0.755. The van der Waals surface area contributed by atoms with Gasteiger partial charge in [0.05, 0.1) is 19.0 Å². The molecule has 2 aromatic heterocycles. The van der Waals surface area contributed by atoms with E-state index < -0.39 is 29.8 Å². The zero-order chi connectivity index (χ0) is 27.1. The van der Waals surface area contributed by atoms with Crippen molar-refractivity contribution < 1.29 is 32.6 Å². The number of carbonyl (C=O) groups is 2. The molecule has 38 heavy (non-hydrogen) atoms. The van der Waals surface area contributed by atoms with E-state index in [0.717, 1.165) is 19.0 Å². The van der Waals surface area contributed by atoms with Crippen molar-refractivity contribution in [3.63, 3.8) is 0 Å². The quantitative estimate of drug-likeness (QED) is 0.501. The van der Waals surface area contributed by atoms with E-state index in [1.807, 2.05) is 0 Å². The number of H-pyrrole nitrogens is 1. The minimum Gasteiger partial charge on any atom is -0.481 e. The third-order valence-electron chi connectivity index (χ3n) is 8.35. The number of piperidine rings is 1. The van der Waals surface area contributed by atoms with Crippen molar-refractivity contribution in [2.45, 2.75) is 68.9 Å². The van der Waals surface area contributed by atoms with Gasteiger partial charge in [-0.3, -0.25) is 14.7 Å². The molecule has 2 saturated carbocycles. The molecular weight excluding hydrogens is 503 g/mol. The third kappa shape index (κ3) is 5.10. The van der Waals surface area contributed by atoms with Gasteiger partial charge in [0.2, 0.25) is 11.8 Å². The molecule has 3 aliphatic rings. The van der Waals surface area contributed by atoms with E-state index >= 15 is 0 Å². The summed E-state index contributed by atoms with van der Waals surface area (Å²) in [5.41, 5.74) is 0.287. The van der Waals surface area contributed by atoms with Crippen molar-refractivity contribution in [2.75, 3.05) is 20.3 Å². The number of aliphatic hydroxyl groups is 1. The number of halogens is 3. The molecule has 9 nitrogen and oxygen atoms in total. The maximum atomic E-state index is 14.3. The van der Waals surface area contributed by atoms with Gasteiger partial charge in [-0.2, -0.15) is 5.10 Å². The van der Waals surface area contributed by atoms with Crippen molar-refractivity contribution in [2.24, 2.45) is 11.8 Å². The minimum absolute atomic E-state index is 0.0927. The molecule has 206 valence electrons. The second kappa shape index (κ2) is 10.2. The molecule has 2 aliphatic carbocycles. The number of carbonyl (C=O) groups excluding carboxylic acids is 2. The molecule has 12 heteroatoms. The van der Waals surface area contributed by atoms with Crippen LogP contribution in [0.4, 0.5) is 13.2 Å². The predicted molar refractivity (Wildman–Crippen MR) is 130 cm³/mol. The molecule has 1 saturated heterocycles. The molecule has 0 aromatic carbocycles. The Labute approximate surface area is 218 Å². The van der Waals surface area contributed by atoms with Crippen LogP contribution >= 0.6 is 0 Å². The van der Waals surface area contributed by atoms with E-state index in [1.54, 1.807) is 4.90 Å². The molecule has 3 heterocycles. The number of alkyl halides is 2. The fourth-order valence-corrected chi connectivity index (χ4v) is 5.91. The summed E-state index contributed by atoms with van der Waals surface area (Å²) >= 11 is 0. The first-order chi connectivity index (χ1) is 18.2. The Morgan fingerprint density at radius 2 is 1.97 bits per heavy atom. The number of pyridine rings is 1. The summed E-state index contributed by atoms with van der Waals surface area (Å²) in [7, 11) is 1.43. The van der Waals surface area contributed by atoms with Crippen LogP contribution < -0.4 is 10.1 Å². The summed E-state index contributed by atoms with van der Waals surface area (Å²) in [4.78, 5) is 32.0. The van der Waals surface area contributed by atoms with E-state index in [1.165, 1.54) is 19.2 Å². The number of hydrogen-bond acceptors (Lipinski definition) is 6. The van der Waals surface area contributed by atoms with Crippen LogP contribution in [0.2, 0.25) is 0 Å². The van der Waals surface area contributed by atoms with E-state index in [4.69, 9.17) is 9.84 Å². The predicted octanol–water partition coefficient (Wildman–Crippen LogP) is 3.31. The molecular formula is C26H32F3N5O4. The van der Waals surface area contributed by atoms with Gasteiger partial charge in [-0.25, -0.2) is 18.2 Å². The molecule has 1 aliphatic heterocycles. The van der Waals surface area contributed by atoms with Crippen LogP contribution in [0, 0.1) is 17.7 Å². The number of rotatable bonds is 7. The van der Waals surface area contributed by atoms with Gasteiger partial charge in [0.1, 0.15) is 6.61 Å². The molecule has 3 N–H and O–H groups in total. The van der Waals surface area contributed by atoms with Gasteiger partial charge in [0.25, 0.3) is 11.8 Å². The highest BCUT2D eigenvalue weighted by molar-refractivity contribution is 5.94. The highest BCUT2D eigenvalue weighted by Crippen LogP contribution is 2.50. The Morgan fingerprint density at radius 1 is 1.24 bits per heavy atom. The summed E-state index contributed by atoms with van der Waals surface area (Å²) in [5, 5.41) is 18.8. The lowest BCUT2D eigenvalue weighted by Gasteiger charge is -2.40. The number of amides is 2. The van der Waals surface area contributed by atoms with E-state index in [-0.39, 0.29) is 53.8 Å². The summed E-state index contributed by atoms with van der Waals surface area (Å²) in [5.74, 6) is -4.90. The van der Waals surface area contributed by atoms with Crippen molar-refractivity contribution in [3.05, 3.63) is 29.8 Å². The number of aromatic amines is 1. The van der Waals surface area contributed by atoms with Gasteiger partial charge < -0.3 is 20.1 Å². The smallest absolute Gasteiger partial charge is 0.274 e. The highest BCUT2D eigenvalue weighted by Gasteiger charge is 2.55. The molecule has 1 unspecified atom stereocenters. The first kappa shape index (κ1) is 26.5. The third-order valence-corrected chi connectivity index (χ3v) is 8.35. The monoisotopic (exact) mass is 535 g/mol. The van der Waals surface area contributed by atoms with Gasteiger partial charge in [-0.15, -0.1) is 0 Å². The standard InChI is InChI=1S/C26H32F3N5O4/c1-38-22-10-18(19(27)13-30-22)20-11-21(33-32-20)24(37)34-9-6-15(12-25(34)7-8-25)23(36)31-17-4-2-16(3-5-17)26(28,29)14-35/h10-11,13,15-17,35H,2-9,12,14H2,1H3,(H,31,36)(H,32,33). The van der Waals surface area contributed by atoms with Crippen LogP contribution in [0.5, 0.6) is 5.88 Å². The number of likely N-dealkylation sites (tertiary alicyclic amines) is 1. The van der Waals surface area contributed by atoms with Gasteiger partial charge in [0.15, 0.2) is 11.5 Å². The first-order valence-corrected chi connectivity index (χ1v) is 13.0. The van der Waals surface area contributed by atoms with Crippen LogP contribution in [0.3, 0.4) is 0 Å². The van der Waals surface area contributed by atoms with Gasteiger partial charge >= 0.3 is 0 Å². The van der Waals surface area contributed by atoms with Gasteiger partial charge in [-0.05, 0) is 57.4 Å². The average molecular weight is 536 g/mol. The largest absolute Gasteiger partial charge is 0.481 e. The topological polar surface area (TPSA) is 120 Å². The summed E-state index contributed by atoms with van der Waals surface area (Å²) in [6.07, 6.45) is 5.09. The Morgan fingerprint density at radius 3 is 2.63 bits per heavy atom. The Hall–Kier alpha value is -3.15. The molecule has 2 aromatic rings. The number of methoxy groups -OCH3 is 1. The average Bonchev–Trinajstić information content (AvgIpc) is 3.50. The lowest BCUT2D eigenvalue weighted by atomic mass is 9.81. The Balaban J connectivity index is 1.19. The van der Waals surface area contributed by atoms with Gasteiger partial charge in [-0.1, -0.05) is 0 Å².